The number of hydrogen-bond donors (Lipinski definition) is 0. The van der Waals surface area contributed by atoms with Crippen LogP contribution in [-0.4, -0.2) is 29.3 Å². The third-order valence-electron chi connectivity index (χ3n) is 3.01. The summed E-state index contributed by atoms with van der Waals surface area (Å²) < 4.78 is 0. The van der Waals surface area contributed by atoms with Crippen LogP contribution in [0.3, 0.4) is 0 Å². The van der Waals surface area contributed by atoms with Crippen LogP contribution in [0.4, 0.5) is 0 Å². The molecule has 2 aliphatic heterocycles. The number of hydrogen-bond acceptors (Lipinski definition) is 2. The third kappa shape index (κ3) is 0.924. The summed E-state index contributed by atoms with van der Waals surface area (Å²) >= 11 is 0. The molecule has 2 radical (unpaired) electrons. The van der Waals surface area contributed by atoms with Gasteiger partial charge in [0.1, 0.15) is 5.78 Å². The highest BCUT2D eigenvalue weighted by atomic mass is 16.1. The van der Waals surface area contributed by atoms with Crippen molar-refractivity contribution in [3.8, 4) is 0 Å². The number of rotatable bonds is 1. The molecule has 2 aliphatic rings. The van der Waals surface area contributed by atoms with E-state index in [4.69, 9.17) is 6.92 Å². The van der Waals surface area contributed by atoms with E-state index in [0.29, 0.717) is 25.2 Å². The Morgan fingerprint density at radius 3 is 3.09 bits per heavy atom. The van der Waals surface area contributed by atoms with E-state index in [1.54, 1.807) is 0 Å². The van der Waals surface area contributed by atoms with Crippen LogP contribution in [0.25, 0.3) is 0 Å². The van der Waals surface area contributed by atoms with Crippen LogP contribution in [0.15, 0.2) is 0 Å². The van der Waals surface area contributed by atoms with Crippen LogP contribution in [0.5, 0.6) is 0 Å². The summed E-state index contributed by atoms with van der Waals surface area (Å²) in [5, 5.41) is 0. The minimum atomic E-state index is 0.0804. The molecule has 0 aromatic rings. The molecule has 0 aliphatic carbocycles. The van der Waals surface area contributed by atoms with Crippen LogP contribution in [0.2, 0.25) is 0 Å². The van der Waals surface area contributed by atoms with E-state index in [9.17, 15) is 4.79 Å². The number of Topliss-reactive ketones (excluding diaryl/α,β-unsaturated/α-hetero) is 1. The predicted molar refractivity (Wildman–Crippen MR) is 42.1 cm³/mol. The molecule has 2 nitrogen and oxygen atoms in total. The highest BCUT2D eigenvalue weighted by Crippen LogP contribution is 2.39. The van der Waals surface area contributed by atoms with E-state index in [1.807, 2.05) is 0 Å². The number of carbonyl (C=O) groups is 1. The van der Waals surface area contributed by atoms with E-state index in [0.717, 1.165) is 13.0 Å². The van der Waals surface area contributed by atoms with Crippen LogP contribution >= 0.6 is 0 Å². The number of nitrogens with zero attached hydrogens (tertiary/aromatic N) is 1. The normalized spacial score (nSPS) is 38.1. The quantitative estimate of drug-likeness (QED) is 0.555. The Balaban J connectivity index is 2.21. The van der Waals surface area contributed by atoms with Gasteiger partial charge in [0.2, 0.25) is 0 Å². The first-order valence-corrected chi connectivity index (χ1v) is 4.24. The standard InChI is InChI=1S/C9H13NO/c1-2-9-4-3-5-10(9)7-8(11)6-9/h1H,2-7H2/t9-/m0/s1. The monoisotopic (exact) mass is 151 g/mol. The first-order chi connectivity index (χ1) is 5.27. The van der Waals surface area contributed by atoms with Gasteiger partial charge in [0.15, 0.2) is 0 Å². The topological polar surface area (TPSA) is 20.3 Å². The summed E-state index contributed by atoms with van der Waals surface area (Å²) in [5.74, 6) is 0.371. The van der Waals surface area contributed by atoms with Gasteiger partial charge in [0.25, 0.3) is 0 Å². The molecule has 2 heterocycles. The number of fused-ring (bicyclic) bond motifs is 1. The second kappa shape index (κ2) is 2.31. The maximum absolute atomic E-state index is 11.1. The molecule has 0 aromatic carbocycles. The van der Waals surface area contributed by atoms with Gasteiger partial charge in [-0.2, -0.15) is 0 Å². The maximum Gasteiger partial charge on any atom is 0.148 e. The van der Waals surface area contributed by atoms with Crippen molar-refractivity contribution in [1.82, 2.24) is 4.90 Å². The zero-order valence-electron chi connectivity index (χ0n) is 6.68. The molecule has 0 amide bonds. The SMILES string of the molecule is [CH]C[C@@]12CCCN1CC(=O)C2. The lowest BCUT2D eigenvalue weighted by molar-refractivity contribution is -0.117. The van der Waals surface area contributed by atoms with Gasteiger partial charge in [0.05, 0.1) is 6.54 Å². The highest BCUT2D eigenvalue weighted by molar-refractivity contribution is 5.84. The second-order valence-electron chi connectivity index (χ2n) is 3.67. The molecule has 0 saturated carbocycles. The van der Waals surface area contributed by atoms with Crippen molar-refractivity contribution in [3.05, 3.63) is 6.92 Å². The largest absolute Gasteiger partial charge is 0.298 e. The minimum absolute atomic E-state index is 0.0804. The molecule has 0 N–H and O–H groups in total. The molecule has 0 unspecified atom stereocenters. The van der Waals surface area contributed by atoms with Crippen molar-refractivity contribution in [1.29, 1.82) is 0 Å². The molecular weight excluding hydrogens is 138 g/mol. The van der Waals surface area contributed by atoms with Crippen molar-refractivity contribution in [3.63, 3.8) is 0 Å². The maximum atomic E-state index is 11.1. The van der Waals surface area contributed by atoms with Gasteiger partial charge in [-0.05, 0) is 32.7 Å². The zero-order valence-corrected chi connectivity index (χ0v) is 6.68. The molecule has 2 rings (SSSR count). The van der Waals surface area contributed by atoms with Crippen LogP contribution in [0, 0.1) is 6.92 Å². The summed E-state index contributed by atoms with van der Waals surface area (Å²) in [7, 11) is 0. The lowest BCUT2D eigenvalue weighted by Crippen LogP contribution is -2.37. The van der Waals surface area contributed by atoms with Crippen LogP contribution in [-0.2, 0) is 4.79 Å². The van der Waals surface area contributed by atoms with E-state index in [-0.39, 0.29) is 5.54 Å². The summed E-state index contributed by atoms with van der Waals surface area (Å²) in [6.07, 6.45) is 3.68. The lowest BCUT2D eigenvalue weighted by Gasteiger charge is -2.29. The first-order valence-electron chi connectivity index (χ1n) is 4.24. The van der Waals surface area contributed by atoms with Gasteiger partial charge >= 0.3 is 0 Å². The Bertz CT molecular complexity index is 190. The van der Waals surface area contributed by atoms with E-state index >= 15 is 0 Å². The Morgan fingerprint density at radius 1 is 1.64 bits per heavy atom. The first kappa shape index (κ1) is 7.29. The molecule has 2 heteroatoms. The average molecular weight is 151 g/mol. The molecule has 11 heavy (non-hydrogen) atoms. The Hall–Kier alpha value is -0.370. The van der Waals surface area contributed by atoms with E-state index in [2.05, 4.69) is 4.90 Å². The smallest absolute Gasteiger partial charge is 0.148 e. The lowest BCUT2D eigenvalue weighted by atomic mass is 9.91. The second-order valence-corrected chi connectivity index (χ2v) is 3.67. The fourth-order valence-corrected chi connectivity index (χ4v) is 2.38. The molecule has 1 atom stereocenters. The molecular formula is C9H13NO. The van der Waals surface area contributed by atoms with Crippen molar-refractivity contribution >= 4 is 5.78 Å². The molecule has 2 fully saturated rings. The summed E-state index contributed by atoms with van der Waals surface area (Å²) in [6, 6.07) is 0. The van der Waals surface area contributed by atoms with E-state index in [1.165, 1.54) is 6.42 Å². The third-order valence-corrected chi connectivity index (χ3v) is 3.01. The van der Waals surface area contributed by atoms with Gasteiger partial charge in [-0.15, -0.1) is 0 Å². The average Bonchev–Trinajstić information content (AvgIpc) is 2.43. The van der Waals surface area contributed by atoms with Crippen molar-refractivity contribution in [2.24, 2.45) is 0 Å². The van der Waals surface area contributed by atoms with E-state index < -0.39 is 0 Å². The highest BCUT2D eigenvalue weighted by Gasteiger charge is 2.46. The fraction of sp³-hybridized carbons (Fsp3) is 0.778. The number of ketones is 1. The minimum Gasteiger partial charge on any atom is -0.298 e. The number of carbonyl (C=O) groups excluding carboxylic acids is 1. The molecule has 60 valence electrons. The molecule has 2 saturated heterocycles. The van der Waals surface area contributed by atoms with Gasteiger partial charge in [0, 0.05) is 12.0 Å². The van der Waals surface area contributed by atoms with Gasteiger partial charge in [-0.25, -0.2) is 0 Å². The molecule has 0 spiro atoms. The zero-order chi connectivity index (χ0) is 7.90. The summed E-state index contributed by atoms with van der Waals surface area (Å²) in [4.78, 5) is 13.4. The Morgan fingerprint density at radius 2 is 2.45 bits per heavy atom. The Labute approximate surface area is 67.6 Å². The van der Waals surface area contributed by atoms with Crippen LogP contribution in [0.1, 0.15) is 25.7 Å². The molecule has 0 aromatic heterocycles. The predicted octanol–water partition coefficient (Wildman–Crippen LogP) is 0.895. The van der Waals surface area contributed by atoms with Crippen molar-refractivity contribution in [2.45, 2.75) is 31.2 Å². The van der Waals surface area contributed by atoms with Gasteiger partial charge < -0.3 is 0 Å². The van der Waals surface area contributed by atoms with Crippen molar-refractivity contribution < 1.29 is 4.79 Å². The molecule has 0 bridgehead atoms. The van der Waals surface area contributed by atoms with Gasteiger partial charge in [-0.1, -0.05) is 0 Å². The van der Waals surface area contributed by atoms with Crippen LogP contribution < -0.4 is 0 Å². The summed E-state index contributed by atoms with van der Waals surface area (Å²) in [6.45, 7) is 7.40. The van der Waals surface area contributed by atoms with Gasteiger partial charge in [-0.3, -0.25) is 9.69 Å². The fourth-order valence-electron chi connectivity index (χ4n) is 2.38. The van der Waals surface area contributed by atoms with Crippen molar-refractivity contribution in [2.75, 3.05) is 13.1 Å². The summed E-state index contributed by atoms with van der Waals surface area (Å²) in [5.41, 5.74) is 0.0804. The Kier molecular flexibility index (Phi) is 1.53.